The Balaban J connectivity index is 1.46. The fourth-order valence-electron chi connectivity index (χ4n) is 4.49. The van der Waals surface area contributed by atoms with Gasteiger partial charge in [-0.1, -0.05) is 36.8 Å². The molecule has 1 saturated heterocycles. The Kier molecular flexibility index (Phi) is 6.09. The van der Waals surface area contributed by atoms with Gasteiger partial charge in [-0.25, -0.2) is 9.97 Å². The van der Waals surface area contributed by atoms with Gasteiger partial charge in [-0.2, -0.15) is 0 Å². The summed E-state index contributed by atoms with van der Waals surface area (Å²) in [6, 6.07) is 15.0. The number of fused-ring (bicyclic) bond motifs is 1. The zero-order chi connectivity index (χ0) is 23.5. The minimum absolute atomic E-state index is 0.0219. The molecule has 0 radical (unpaired) electrons. The van der Waals surface area contributed by atoms with Gasteiger partial charge in [0.1, 0.15) is 17.8 Å². The van der Waals surface area contributed by atoms with Crippen LogP contribution in [0.5, 0.6) is 0 Å². The molecular weight excluding hydrogens is 432 g/mol. The molecule has 4 heterocycles. The first kappa shape index (κ1) is 21.8. The summed E-state index contributed by atoms with van der Waals surface area (Å²) in [6.45, 7) is 2.30. The largest absolute Gasteiger partial charge is 0.468 e. The van der Waals surface area contributed by atoms with E-state index in [2.05, 4.69) is 20.2 Å². The van der Waals surface area contributed by atoms with Crippen molar-refractivity contribution in [1.82, 2.24) is 24.6 Å². The fourth-order valence-corrected chi connectivity index (χ4v) is 4.49. The van der Waals surface area contributed by atoms with Crippen molar-refractivity contribution in [3.63, 3.8) is 0 Å². The van der Waals surface area contributed by atoms with Crippen LogP contribution in [0, 0.1) is 0 Å². The summed E-state index contributed by atoms with van der Waals surface area (Å²) in [5, 5.41) is 3.02. The lowest BCUT2D eigenvalue weighted by Crippen LogP contribution is -2.40. The molecule has 174 valence electrons. The average molecular weight is 459 g/mol. The van der Waals surface area contributed by atoms with Crippen LogP contribution in [0.15, 0.2) is 65.5 Å². The summed E-state index contributed by atoms with van der Waals surface area (Å²) in [5.74, 6) is -0.221. The first-order valence-electron chi connectivity index (χ1n) is 11.4. The third-order valence-electron chi connectivity index (χ3n) is 6.20. The van der Waals surface area contributed by atoms with Gasteiger partial charge >= 0.3 is 0 Å². The van der Waals surface area contributed by atoms with Gasteiger partial charge in [-0.05, 0) is 49.7 Å². The topological polar surface area (TPSA) is 119 Å². The highest BCUT2D eigenvalue weighted by Crippen LogP contribution is 2.25. The van der Waals surface area contributed by atoms with Crippen LogP contribution in [0.3, 0.4) is 0 Å². The van der Waals surface area contributed by atoms with Crippen LogP contribution in [0.2, 0.25) is 0 Å². The summed E-state index contributed by atoms with van der Waals surface area (Å²) in [5.41, 5.74) is 7.51. The van der Waals surface area contributed by atoms with Crippen molar-refractivity contribution < 1.29 is 14.0 Å². The smallest absolute Gasteiger partial charge is 0.271 e. The lowest BCUT2D eigenvalue weighted by Gasteiger charge is -2.33. The number of furan rings is 1. The van der Waals surface area contributed by atoms with E-state index in [-0.39, 0.29) is 29.0 Å². The molecule has 0 saturated carbocycles. The minimum Gasteiger partial charge on any atom is -0.468 e. The summed E-state index contributed by atoms with van der Waals surface area (Å²) >= 11 is 0. The van der Waals surface area contributed by atoms with Crippen LogP contribution in [0.1, 0.15) is 52.0 Å². The third-order valence-corrected chi connectivity index (χ3v) is 6.20. The molecule has 9 heteroatoms. The van der Waals surface area contributed by atoms with Gasteiger partial charge in [0.2, 0.25) is 0 Å². The van der Waals surface area contributed by atoms with E-state index in [4.69, 9.17) is 10.2 Å². The second-order valence-corrected chi connectivity index (χ2v) is 8.38. The van der Waals surface area contributed by atoms with E-state index < -0.39 is 5.91 Å². The van der Waals surface area contributed by atoms with Crippen LogP contribution >= 0.6 is 0 Å². The number of benzene rings is 1. The quantitative estimate of drug-likeness (QED) is 0.439. The minimum atomic E-state index is -0.699. The van der Waals surface area contributed by atoms with Gasteiger partial charge in [0.05, 0.1) is 18.0 Å². The maximum atomic E-state index is 13.3. The van der Waals surface area contributed by atoms with Crippen molar-refractivity contribution in [2.24, 2.45) is 5.73 Å². The molecule has 1 atom stereocenters. The van der Waals surface area contributed by atoms with Crippen LogP contribution in [-0.2, 0) is 0 Å². The lowest BCUT2D eigenvalue weighted by molar-refractivity contribution is 0.0908. The number of likely N-dealkylation sites (tertiary alicyclic amines) is 1. The summed E-state index contributed by atoms with van der Waals surface area (Å²) in [6.07, 6.45) is 6.62. The predicted octanol–water partition coefficient (Wildman–Crippen LogP) is 3.05. The summed E-state index contributed by atoms with van der Waals surface area (Å²) < 4.78 is 7.35. The van der Waals surface area contributed by atoms with Crippen molar-refractivity contribution in [3.8, 4) is 11.3 Å². The zero-order valence-corrected chi connectivity index (χ0v) is 18.7. The first-order chi connectivity index (χ1) is 16.6. The monoisotopic (exact) mass is 458 g/mol. The molecule has 34 heavy (non-hydrogen) atoms. The number of hydrogen-bond acceptors (Lipinski definition) is 6. The summed E-state index contributed by atoms with van der Waals surface area (Å²) in [7, 11) is 0. The van der Waals surface area contributed by atoms with Crippen molar-refractivity contribution in [3.05, 3.63) is 78.3 Å². The number of rotatable bonds is 7. The molecule has 2 amide bonds. The zero-order valence-electron chi connectivity index (χ0n) is 18.7. The molecule has 1 aliphatic rings. The Bertz CT molecular complexity index is 1290. The SMILES string of the molecule is NC(=O)c1ncn2c(-c3ccccc3)cc(C(=O)NCC(c3ccco3)N3CCCCC3)nc12. The Morgan fingerprint density at radius 1 is 1.09 bits per heavy atom. The lowest BCUT2D eigenvalue weighted by atomic mass is 10.1. The predicted molar refractivity (Wildman–Crippen MR) is 126 cm³/mol. The van der Waals surface area contributed by atoms with Crippen LogP contribution in [0.25, 0.3) is 16.9 Å². The molecule has 1 aliphatic heterocycles. The molecule has 5 rings (SSSR count). The Labute approximate surface area is 196 Å². The number of nitrogens with two attached hydrogens (primary N) is 1. The van der Waals surface area contributed by atoms with Crippen molar-refractivity contribution in [2.75, 3.05) is 19.6 Å². The Morgan fingerprint density at radius 3 is 2.59 bits per heavy atom. The first-order valence-corrected chi connectivity index (χ1v) is 11.4. The molecule has 1 fully saturated rings. The van der Waals surface area contributed by atoms with E-state index in [9.17, 15) is 9.59 Å². The van der Waals surface area contributed by atoms with E-state index in [1.807, 2.05) is 42.5 Å². The van der Waals surface area contributed by atoms with Gasteiger partial charge in [0, 0.05) is 6.54 Å². The molecule has 9 nitrogen and oxygen atoms in total. The van der Waals surface area contributed by atoms with Gasteiger partial charge in [0.15, 0.2) is 11.3 Å². The van der Waals surface area contributed by atoms with Gasteiger partial charge in [-0.3, -0.25) is 18.9 Å². The number of nitrogens with zero attached hydrogens (tertiary/aromatic N) is 4. The van der Waals surface area contributed by atoms with Gasteiger partial charge in [-0.15, -0.1) is 0 Å². The third kappa shape index (κ3) is 4.29. The molecule has 0 spiro atoms. The molecular formula is C25H26N6O3. The average Bonchev–Trinajstić information content (AvgIpc) is 3.55. The summed E-state index contributed by atoms with van der Waals surface area (Å²) in [4.78, 5) is 36.1. The Morgan fingerprint density at radius 2 is 1.88 bits per heavy atom. The Hall–Kier alpha value is -3.98. The van der Waals surface area contributed by atoms with Gasteiger partial charge in [0.25, 0.3) is 11.8 Å². The van der Waals surface area contributed by atoms with Crippen LogP contribution < -0.4 is 11.1 Å². The number of amides is 2. The van der Waals surface area contributed by atoms with Crippen molar-refractivity contribution in [2.45, 2.75) is 25.3 Å². The number of primary amides is 1. The standard InChI is InChI=1S/C25H26N6O3/c26-23(32)22-24-29-18(14-19(31(24)16-28-22)17-8-3-1-4-9-17)25(33)27-15-20(21-10-7-13-34-21)30-11-5-2-6-12-30/h1,3-4,7-10,13-14,16,20H,2,5-6,11-12,15H2,(H2,26,32)(H,27,33). The van der Waals surface area contributed by atoms with E-state index in [0.717, 1.165) is 37.3 Å². The van der Waals surface area contributed by atoms with E-state index in [0.29, 0.717) is 12.2 Å². The molecule has 3 N–H and O–H groups in total. The van der Waals surface area contributed by atoms with Crippen LogP contribution in [0.4, 0.5) is 0 Å². The maximum Gasteiger partial charge on any atom is 0.271 e. The van der Waals surface area contributed by atoms with Crippen molar-refractivity contribution in [1.29, 1.82) is 0 Å². The van der Waals surface area contributed by atoms with E-state index in [1.165, 1.54) is 12.7 Å². The second-order valence-electron chi connectivity index (χ2n) is 8.38. The highest BCUT2D eigenvalue weighted by atomic mass is 16.3. The maximum absolute atomic E-state index is 13.3. The normalized spacial score (nSPS) is 15.3. The van der Waals surface area contributed by atoms with Crippen molar-refractivity contribution >= 4 is 17.5 Å². The number of nitrogens with one attached hydrogen (secondary N) is 1. The van der Waals surface area contributed by atoms with Crippen LogP contribution in [-0.4, -0.2) is 50.7 Å². The number of carbonyl (C=O) groups is 2. The molecule has 1 unspecified atom stereocenters. The number of carbonyl (C=O) groups excluding carboxylic acids is 2. The van der Waals surface area contributed by atoms with E-state index in [1.54, 1.807) is 16.7 Å². The van der Waals surface area contributed by atoms with E-state index >= 15 is 0 Å². The highest BCUT2D eigenvalue weighted by molar-refractivity contribution is 5.99. The number of piperidine rings is 1. The molecule has 4 aromatic rings. The fraction of sp³-hybridized carbons (Fsp3) is 0.280. The number of hydrogen-bond donors (Lipinski definition) is 2. The molecule has 3 aromatic heterocycles. The highest BCUT2D eigenvalue weighted by Gasteiger charge is 2.26. The molecule has 1 aromatic carbocycles. The van der Waals surface area contributed by atoms with Gasteiger partial charge < -0.3 is 15.5 Å². The molecule has 0 aliphatic carbocycles. The molecule has 0 bridgehead atoms. The number of aromatic nitrogens is 3. The second kappa shape index (κ2) is 9.48. The number of imidazole rings is 1.